The fourth-order valence-corrected chi connectivity index (χ4v) is 6.84. The van der Waals surface area contributed by atoms with Crippen LogP contribution in [-0.2, 0) is 0 Å². The number of rotatable bonds is 1. The van der Waals surface area contributed by atoms with E-state index in [1.807, 2.05) is 6.92 Å². The summed E-state index contributed by atoms with van der Waals surface area (Å²) in [5.74, 6) is 0.261. The van der Waals surface area contributed by atoms with Crippen molar-refractivity contribution >= 4 is 0 Å². The van der Waals surface area contributed by atoms with Gasteiger partial charge in [0.1, 0.15) is 0 Å². The molecule has 3 fully saturated rings. The Labute approximate surface area is 150 Å². The highest BCUT2D eigenvalue weighted by molar-refractivity contribution is 5.41. The van der Waals surface area contributed by atoms with Gasteiger partial charge in [0.15, 0.2) is 0 Å². The highest BCUT2D eigenvalue weighted by Crippen LogP contribution is 2.66. The Morgan fingerprint density at radius 3 is 2.52 bits per heavy atom. The topological polar surface area (TPSA) is 80.9 Å². The molecule has 4 rings (SSSR count). The molecule has 25 heavy (non-hydrogen) atoms. The van der Waals surface area contributed by atoms with E-state index in [4.69, 9.17) is 0 Å². The molecule has 0 heterocycles. The first-order valence-electron chi connectivity index (χ1n) is 9.81. The zero-order valence-electron chi connectivity index (χ0n) is 15.6. The summed E-state index contributed by atoms with van der Waals surface area (Å²) >= 11 is 0. The minimum atomic E-state index is -1.14. The van der Waals surface area contributed by atoms with Gasteiger partial charge in [0, 0.05) is 11.3 Å². The molecule has 140 valence electrons. The summed E-state index contributed by atoms with van der Waals surface area (Å²) in [7, 11) is 0. The van der Waals surface area contributed by atoms with E-state index in [0.29, 0.717) is 19.3 Å². The van der Waals surface area contributed by atoms with Gasteiger partial charge in [0.2, 0.25) is 0 Å². The molecule has 4 N–H and O–H groups in total. The average molecular weight is 348 g/mol. The Bertz CT molecular complexity index is 638. The molecule has 0 bridgehead atoms. The monoisotopic (exact) mass is 348 g/mol. The van der Waals surface area contributed by atoms with Gasteiger partial charge in [0.05, 0.1) is 23.9 Å². The Kier molecular flexibility index (Phi) is 3.84. The molecule has 4 nitrogen and oxygen atoms in total. The van der Waals surface area contributed by atoms with E-state index >= 15 is 0 Å². The van der Waals surface area contributed by atoms with Crippen molar-refractivity contribution in [2.24, 2.45) is 22.7 Å². The van der Waals surface area contributed by atoms with Gasteiger partial charge in [-0.05, 0) is 56.8 Å². The minimum Gasteiger partial charge on any atom is -0.393 e. The molecule has 0 unspecified atom stereocenters. The average Bonchev–Trinajstić information content (AvgIpc) is 2.80. The molecular weight excluding hydrogens is 316 g/mol. The van der Waals surface area contributed by atoms with E-state index in [-0.39, 0.29) is 23.4 Å². The molecule has 4 aliphatic carbocycles. The van der Waals surface area contributed by atoms with Crippen LogP contribution in [-0.4, -0.2) is 44.3 Å². The molecule has 0 saturated heterocycles. The lowest BCUT2D eigenvalue weighted by Gasteiger charge is -2.58. The molecule has 0 radical (unpaired) electrons. The van der Waals surface area contributed by atoms with Crippen LogP contribution < -0.4 is 0 Å². The number of allylic oxidation sites excluding steroid dienone is 2. The first-order valence-corrected chi connectivity index (χ1v) is 9.81. The highest BCUT2D eigenvalue weighted by Gasteiger charge is 2.65. The van der Waals surface area contributed by atoms with Gasteiger partial charge < -0.3 is 20.4 Å². The second-order valence-corrected chi connectivity index (χ2v) is 9.53. The normalized spacial score (nSPS) is 53.2. The maximum atomic E-state index is 11.2. The molecule has 4 aliphatic rings. The smallest absolute Gasteiger partial charge is 0.0962 e. The van der Waals surface area contributed by atoms with Crippen LogP contribution in [0.5, 0.6) is 0 Å². The molecule has 0 aromatic carbocycles. The van der Waals surface area contributed by atoms with Crippen molar-refractivity contribution in [3.05, 3.63) is 23.3 Å². The summed E-state index contributed by atoms with van der Waals surface area (Å²) in [6.07, 6.45) is 7.03. The van der Waals surface area contributed by atoms with Crippen molar-refractivity contribution in [3.8, 4) is 0 Å². The van der Waals surface area contributed by atoms with Crippen LogP contribution >= 0.6 is 0 Å². The van der Waals surface area contributed by atoms with Crippen LogP contribution in [0.1, 0.15) is 59.3 Å². The van der Waals surface area contributed by atoms with Crippen molar-refractivity contribution < 1.29 is 20.4 Å². The van der Waals surface area contributed by atoms with E-state index in [9.17, 15) is 20.4 Å². The second-order valence-electron chi connectivity index (χ2n) is 9.53. The molecule has 8 atom stereocenters. The standard InChI is InChI=1S/C21H32O4/c1-12(22)21(25)9-7-16-15-5-4-13-10-14(23)6-8-19(13,2)18(15)17(24)11-20(16,21)3/h4-5,12,14,16-18,22-25H,6-11H2,1-3H3/t12-,14+,16+,17+,18-,19+,20+,21+/m1/s1. The SMILES string of the molecule is C[C@@H](O)[C@@]1(O)CC[C@H]2C3=CC=C4C[C@@H](O)CC[C@]4(C)[C@H]3[C@@H](O)C[C@@]21C. The third kappa shape index (κ3) is 2.14. The maximum absolute atomic E-state index is 11.2. The summed E-state index contributed by atoms with van der Waals surface area (Å²) in [5, 5.41) is 42.7. The van der Waals surface area contributed by atoms with Gasteiger partial charge in [-0.15, -0.1) is 0 Å². The van der Waals surface area contributed by atoms with E-state index < -0.39 is 23.2 Å². The fourth-order valence-electron chi connectivity index (χ4n) is 6.84. The van der Waals surface area contributed by atoms with Crippen molar-refractivity contribution in [1.29, 1.82) is 0 Å². The van der Waals surface area contributed by atoms with Crippen LogP contribution in [0.15, 0.2) is 23.3 Å². The van der Waals surface area contributed by atoms with Crippen LogP contribution in [0.25, 0.3) is 0 Å². The molecule has 0 aliphatic heterocycles. The fraction of sp³-hybridized carbons (Fsp3) is 0.810. The third-order valence-electron chi connectivity index (χ3n) is 8.39. The zero-order chi connectivity index (χ0) is 18.2. The van der Waals surface area contributed by atoms with Gasteiger partial charge in [-0.3, -0.25) is 0 Å². The first kappa shape index (κ1) is 17.7. The maximum Gasteiger partial charge on any atom is 0.0962 e. The van der Waals surface area contributed by atoms with Crippen molar-refractivity contribution in [1.82, 2.24) is 0 Å². The van der Waals surface area contributed by atoms with Gasteiger partial charge in [-0.1, -0.05) is 37.1 Å². The highest BCUT2D eigenvalue weighted by atomic mass is 16.3. The summed E-state index contributed by atoms with van der Waals surface area (Å²) in [5.41, 5.74) is 0.763. The lowest BCUT2D eigenvalue weighted by molar-refractivity contribution is -0.166. The van der Waals surface area contributed by atoms with Gasteiger partial charge in [-0.25, -0.2) is 0 Å². The van der Waals surface area contributed by atoms with Gasteiger partial charge in [-0.2, -0.15) is 0 Å². The van der Waals surface area contributed by atoms with Crippen LogP contribution in [0.2, 0.25) is 0 Å². The van der Waals surface area contributed by atoms with E-state index in [2.05, 4.69) is 19.1 Å². The van der Waals surface area contributed by atoms with Crippen LogP contribution in [0.4, 0.5) is 0 Å². The molecule has 0 amide bonds. The van der Waals surface area contributed by atoms with Crippen molar-refractivity contribution in [2.45, 2.75) is 83.2 Å². The predicted octanol–water partition coefficient (Wildman–Crippen LogP) is 2.31. The quantitative estimate of drug-likeness (QED) is 0.586. The predicted molar refractivity (Wildman–Crippen MR) is 95.7 cm³/mol. The Balaban J connectivity index is 1.79. The molecule has 3 saturated carbocycles. The lowest BCUT2D eigenvalue weighted by atomic mass is 9.49. The molecule has 0 aromatic rings. The van der Waals surface area contributed by atoms with Crippen molar-refractivity contribution in [3.63, 3.8) is 0 Å². The number of hydrogen-bond donors (Lipinski definition) is 4. The first-order chi connectivity index (χ1) is 11.6. The number of aliphatic hydroxyl groups is 4. The zero-order valence-corrected chi connectivity index (χ0v) is 15.6. The largest absolute Gasteiger partial charge is 0.393 e. The van der Waals surface area contributed by atoms with Crippen molar-refractivity contribution in [2.75, 3.05) is 0 Å². The van der Waals surface area contributed by atoms with E-state index in [1.54, 1.807) is 6.92 Å². The Morgan fingerprint density at radius 2 is 1.84 bits per heavy atom. The van der Waals surface area contributed by atoms with E-state index in [0.717, 1.165) is 19.3 Å². The Morgan fingerprint density at radius 1 is 1.12 bits per heavy atom. The summed E-state index contributed by atoms with van der Waals surface area (Å²) in [6, 6.07) is 0. The van der Waals surface area contributed by atoms with Crippen LogP contribution in [0.3, 0.4) is 0 Å². The molecule has 0 spiro atoms. The third-order valence-corrected chi connectivity index (χ3v) is 8.39. The van der Waals surface area contributed by atoms with E-state index in [1.165, 1.54) is 11.1 Å². The Hall–Kier alpha value is -0.680. The number of hydrogen-bond acceptors (Lipinski definition) is 4. The summed E-state index contributed by atoms with van der Waals surface area (Å²) in [4.78, 5) is 0. The lowest BCUT2D eigenvalue weighted by Crippen LogP contribution is -2.59. The molecule has 0 aromatic heterocycles. The molecule has 4 heteroatoms. The summed E-state index contributed by atoms with van der Waals surface area (Å²) < 4.78 is 0. The van der Waals surface area contributed by atoms with Gasteiger partial charge in [0.25, 0.3) is 0 Å². The van der Waals surface area contributed by atoms with Gasteiger partial charge >= 0.3 is 0 Å². The minimum absolute atomic E-state index is 0.0643. The van der Waals surface area contributed by atoms with Crippen LogP contribution in [0, 0.1) is 22.7 Å². The number of aliphatic hydroxyl groups excluding tert-OH is 3. The number of fused-ring (bicyclic) bond motifs is 5. The molecular formula is C21H32O4. The summed E-state index contributed by atoms with van der Waals surface area (Å²) in [6.45, 7) is 5.96. The second kappa shape index (κ2) is 5.41.